The molecule has 1 fully saturated rings. The van der Waals surface area contributed by atoms with Gasteiger partial charge in [0.1, 0.15) is 0 Å². The number of amides is 2. The number of nitrogens with zero attached hydrogens (tertiary/aromatic N) is 1. The van der Waals surface area contributed by atoms with Crippen molar-refractivity contribution in [1.82, 2.24) is 10.2 Å². The molecule has 5 nitrogen and oxygen atoms in total. The Hall–Kier alpha value is -1.59. The van der Waals surface area contributed by atoms with Crippen LogP contribution in [-0.4, -0.2) is 36.3 Å². The van der Waals surface area contributed by atoms with Gasteiger partial charge in [0.25, 0.3) is 0 Å². The van der Waals surface area contributed by atoms with E-state index in [2.05, 4.69) is 12.2 Å². The van der Waals surface area contributed by atoms with Crippen LogP contribution in [-0.2, 0) is 9.59 Å². The molecule has 0 saturated carbocycles. The second-order valence-electron chi connectivity index (χ2n) is 7.32. The van der Waals surface area contributed by atoms with Crippen LogP contribution in [0, 0.1) is 11.8 Å². The van der Waals surface area contributed by atoms with E-state index in [4.69, 9.17) is 5.73 Å². The fraction of sp³-hybridized carbons (Fsp3) is 0.619. The van der Waals surface area contributed by atoms with Crippen molar-refractivity contribution in [3.63, 3.8) is 0 Å². The van der Waals surface area contributed by atoms with E-state index in [1.54, 1.807) is 0 Å². The summed E-state index contributed by atoms with van der Waals surface area (Å²) in [6.07, 6.45) is 4.80. The predicted octanol–water partition coefficient (Wildman–Crippen LogP) is 3.29. The number of halogens is 1. The summed E-state index contributed by atoms with van der Waals surface area (Å²) in [5, 5.41) is 3.03. The molecule has 27 heavy (non-hydrogen) atoms. The van der Waals surface area contributed by atoms with E-state index in [1.165, 1.54) is 0 Å². The number of unbranched alkanes of at least 4 members (excludes halogenated alkanes) is 2. The summed E-state index contributed by atoms with van der Waals surface area (Å²) in [6.45, 7) is 6.08. The van der Waals surface area contributed by atoms with Gasteiger partial charge in [-0.05, 0) is 24.8 Å². The van der Waals surface area contributed by atoms with Gasteiger partial charge in [-0.25, -0.2) is 0 Å². The third-order valence-electron chi connectivity index (χ3n) is 5.37. The Morgan fingerprint density at radius 3 is 2.41 bits per heavy atom. The minimum absolute atomic E-state index is 0. The molecule has 0 aromatic heterocycles. The van der Waals surface area contributed by atoms with Gasteiger partial charge in [0.05, 0.1) is 5.92 Å². The van der Waals surface area contributed by atoms with Crippen LogP contribution in [0.25, 0.3) is 0 Å². The SMILES string of the molecule is CCCCCNC(=O)C1CCN(C(=O)C(C)C(N)c2ccccc2)CC1.Cl. The maximum Gasteiger partial charge on any atom is 0.227 e. The monoisotopic (exact) mass is 395 g/mol. The second-order valence-corrected chi connectivity index (χ2v) is 7.32. The van der Waals surface area contributed by atoms with Gasteiger partial charge in [0.2, 0.25) is 11.8 Å². The topological polar surface area (TPSA) is 75.4 Å². The highest BCUT2D eigenvalue weighted by Crippen LogP contribution is 2.24. The molecule has 6 heteroatoms. The maximum absolute atomic E-state index is 12.8. The van der Waals surface area contributed by atoms with Crippen molar-refractivity contribution in [3.8, 4) is 0 Å². The number of hydrogen-bond donors (Lipinski definition) is 2. The number of nitrogens with two attached hydrogens (primary N) is 1. The normalized spacial score (nSPS) is 16.9. The molecular weight excluding hydrogens is 362 g/mol. The highest BCUT2D eigenvalue weighted by molar-refractivity contribution is 5.85. The van der Waals surface area contributed by atoms with Crippen molar-refractivity contribution in [2.75, 3.05) is 19.6 Å². The molecule has 0 spiro atoms. The summed E-state index contributed by atoms with van der Waals surface area (Å²) >= 11 is 0. The predicted molar refractivity (Wildman–Crippen MR) is 112 cm³/mol. The zero-order valence-corrected chi connectivity index (χ0v) is 17.3. The first-order valence-corrected chi connectivity index (χ1v) is 9.91. The third kappa shape index (κ3) is 6.82. The summed E-state index contributed by atoms with van der Waals surface area (Å²) in [5.41, 5.74) is 7.27. The molecule has 2 unspecified atom stereocenters. The van der Waals surface area contributed by atoms with Crippen LogP contribution in [0.1, 0.15) is 57.6 Å². The van der Waals surface area contributed by atoms with Gasteiger partial charge in [-0.3, -0.25) is 9.59 Å². The smallest absolute Gasteiger partial charge is 0.227 e. The van der Waals surface area contributed by atoms with Crippen LogP contribution in [0.3, 0.4) is 0 Å². The molecule has 0 aliphatic carbocycles. The van der Waals surface area contributed by atoms with Crippen molar-refractivity contribution in [3.05, 3.63) is 35.9 Å². The van der Waals surface area contributed by atoms with Crippen LogP contribution >= 0.6 is 12.4 Å². The Labute approximate surface area is 169 Å². The van der Waals surface area contributed by atoms with E-state index < -0.39 is 0 Å². The third-order valence-corrected chi connectivity index (χ3v) is 5.37. The van der Waals surface area contributed by atoms with Crippen LogP contribution in [0.5, 0.6) is 0 Å². The fourth-order valence-corrected chi connectivity index (χ4v) is 3.50. The number of piperidine rings is 1. The van der Waals surface area contributed by atoms with Gasteiger partial charge >= 0.3 is 0 Å². The first kappa shape index (κ1) is 23.4. The van der Waals surface area contributed by atoms with E-state index in [0.717, 1.165) is 44.2 Å². The lowest BCUT2D eigenvalue weighted by molar-refractivity contribution is -0.139. The van der Waals surface area contributed by atoms with E-state index in [9.17, 15) is 9.59 Å². The Balaban J connectivity index is 0.00000364. The van der Waals surface area contributed by atoms with Gasteiger partial charge in [-0.1, -0.05) is 57.0 Å². The maximum atomic E-state index is 12.8. The molecule has 2 rings (SSSR count). The van der Waals surface area contributed by atoms with Gasteiger partial charge in [0, 0.05) is 31.6 Å². The number of carbonyl (C=O) groups excluding carboxylic acids is 2. The van der Waals surface area contributed by atoms with Crippen molar-refractivity contribution in [2.45, 2.75) is 52.0 Å². The first-order valence-electron chi connectivity index (χ1n) is 9.91. The van der Waals surface area contributed by atoms with Crippen LogP contribution in [0.4, 0.5) is 0 Å². The van der Waals surface area contributed by atoms with Gasteiger partial charge < -0.3 is 16.0 Å². The molecule has 0 radical (unpaired) electrons. The quantitative estimate of drug-likeness (QED) is 0.663. The molecule has 1 aliphatic heterocycles. The Morgan fingerprint density at radius 1 is 1.19 bits per heavy atom. The van der Waals surface area contributed by atoms with Crippen molar-refractivity contribution in [2.24, 2.45) is 17.6 Å². The van der Waals surface area contributed by atoms with E-state index in [0.29, 0.717) is 13.1 Å². The first-order chi connectivity index (χ1) is 12.5. The number of carbonyl (C=O) groups is 2. The zero-order valence-electron chi connectivity index (χ0n) is 16.5. The van der Waals surface area contributed by atoms with Gasteiger partial charge in [-0.15, -0.1) is 12.4 Å². The lowest BCUT2D eigenvalue weighted by Crippen LogP contribution is -2.46. The molecule has 3 N–H and O–H groups in total. The molecule has 1 aromatic carbocycles. The standard InChI is InChI=1S/C21H33N3O2.ClH/c1-3-4-8-13-23-20(25)18-11-14-24(15-12-18)21(26)16(2)19(22)17-9-6-5-7-10-17;/h5-7,9-10,16,18-19H,3-4,8,11-15,22H2,1-2H3,(H,23,25);1H. The van der Waals surface area contributed by atoms with Crippen LogP contribution < -0.4 is 11.1 Å². The van der Waals surface area contributed by atoms with Crippen molar-refractivity contribution >= 4 is 24.2 Å². The highest BCUT2D eigenvalue weighted by Gasteiger charge is 2.31. The Morgan fingerprint density at radius 2 is 1.81 bits per heavy atom. The van der Waals surface area contributed by atoms with E-state index in [1.807, 2.05) is 42.2 Å². The molecule has 2 atom stereocenters. The van der Waals surface area contributed by atoms with Gasteiger partial charge in [0.15, 0.2) is 0 Å². The second kappa shape index (κ2) is 12.0. The summed E-state index contributed by atoms with van der Waals surface area (Å²) in [5.74, 6) is -0.0130. The minimum Gasteiger partial charge on any atom is -0.356 e. The molecule has 1 aromatic rings. The number of likely N-dealkylation sites (tertiary alicyclic amines) is 1. The number of benzene rings is 1. The molecule has 1 aliphatic rings. The number of nitrogens with one attached hydrogen (secondary N) is 1. The van der Waals surface area contributed by atoms with E-state index >= 15 is 0 Å². The molecular formula is C21H34ClN3O2. The molecule has 1 saturated heterocycles. The Bertz CT molecular complexity index is 574. The van der Waals surface area contributed by atoms with Crippen LogP contribution in [0.15, 0.2) is 30.3 Å². The largest absolute Gasteiger partial charge is 0.356 e. The summed E-state index contributed by atoms with van der Waals surface area (Å²) in [7, 11) is 0. The average molecular weight is 396 g/mol. The number of hydrogen-bond acceptors (Lipinski definition) is 3. The lowest BCUT2D eigenvalue weighted by atomic mass is 9.91. The summed E-state index contributed by atoms with van der Waals surface area (Å²) in [6, 6.07) is 9.45. The highest BCUT2D eigenvalue weighted by atomic mass is 35.5. The van der Waals surface area contributed by atoms with Crippen molar-refractivity contribution < 1.29 is 9.59 Å². The fourth-order valence-electron chi connectivity index (χ4n) is 3.50. The Kier molecular flexibility index (Phi) is 10.4. The summed E-state index contributed by atoms with van der Waals surface area (Å²) in [4.78, 5) is 26.9. The van der Waals surface area contributed by atoms with E-state index in [-0.39, 0.29) is 42.1 Å². The lowest BCUT2D eigenvalue weighted by Gasteiger charge is -2.34. The zero-order chi connectivity index (χ0) is 18.9. The van der Waals surface area contributed by atoms with Gasteiger partial charge in [-0.2, -0.15) is 0 Å². The molecule has 152 valence electrons. The van der Waals surface area contributed by atoms with Crippen LogP contribution in [0.2, 0.25) is 0 Å². The van der Waals surface area contributed by atoms with Crippen molar-refractivity contribution in [1.29, 1.82) is 0 Å². The number of rotatable bonds is 8. The average Bonchev–Trinajstić information content (AvgIpc) is 2.70. The molecule has 2 amide bonds. The molecule has 1 heterocycles. The minimum atomic E-state index is -0.303. The molecule has 0 bridgehead atoms. The summed E-state index contributed by atoms with van der Waals surface area (Å²) < 4.78 is 0.